The Balaban J connectivity index is 1.54. The molecule has 9 heteroatoms. The monoisotopic (exact) mass is 522 g/mol. The molecule has 4 amide bonds. The van der Waals surface area contributed by atoms with Gasteiger partial charge < -0.3 is 5.11 Å². The van der Waals surface area contributed by atoms with Crippen LogP contribution in [0.15, 0.2) is 54.1 Å². The second kappa shape index (κ2) is 7.99. The molecule has 37 heavy (non-hydrogen) atoms. The van der Waals surface area contributed by atoms with Gasteiger partial charge >= 0.3 is 0 Å². The van der Waals surface area contributed by atoms with Gasteiger partial charge in [-0.3, -0.25) is 24.1 Å². The molecule has 1 saturated carbocycles. The minimum Gasteiger partial charge on any atom is -0.508 e. The number of carbonyl (C=O) groups excluding carboxylic acids is 4. The van der Waals surface area contributed by atoms with E-state index in [9.17, 15) is 28.7 Å². The maximum Gasteiger partial charge on any atom is 0.241 e. The number of fused-ring (bicyclic) bond motifs is 4. The van der Waals surface area contributed by atoms with E-state index in [4.69, 9.17) is 11.6 Å². The lowest BCUT2D eigenvalue weighted by atomic mass is 9.51. The number of benzene rings is 2. The average Bonchev–Trinajstić information content (AvgIpc) is 3.21. The summed E-state index contributed by atoms with van der Waals surface area (Å²) in [5.74, 6) is -5.30. The molecule has 190 valence electrons. The van der Waals surface area contributed by atoms with Gasteiger partial charge in [0.05, 0.1) is 33.9 Å². The van der Waals surface area contributed by atoms with Crippen LogP contribution >= 0.6 is 11.6 Å². The first kappa shape index (κ1) is 23.9. The lowest BCUT2D eigenvalue weighted by Crippen LogP contribution is -2.48. The van der Waals surface area contributed by atoms with Crippen LogP contribution in [-0.4, -0.2) is 40.7 Å². The smallest absolute Gasteiger partial charge is 0.241 e. The van der Waals surface area contributed by atoms with Crippen LogP contribution in [0.2, 0.25) is 5.02 Å². The summed E-state index contributed by atoms with van der Waals surface area (Å²) < 4.78 is 13.9. The number of carbonyl (C=O) groups is 4. The summed E-state index contributed by atoms with van der Waals surface area (Å²) in [6.07, 6.45) is 2.47. The standard InChI is InChI=1S/C28H24ClFN2O5/c1-28-18(25(35)32(27(28)37)13-7-10-20(30)19(29)11-13)12-17-14(23(28)15-5-3-4-6-21(15)33)8-9-16-22(17)26(36)31(2)24(16)34/h3-8,10-11,16-18,22-23,33H,9,12H2,1-2H3. The first-order valence-electron chi connectivity index (χ1n) is 12.2. The van der Waals surface area contributed by atoms with Crippen LogP contribution in [0.25, 0.3) is 0 Å². The fraction of sp³-hybridized carbons (Fsp3) is 0.357. The van der Waals surface area contributed by atoms with Gasteiger partial charge in [0.2, 0.25) is 23.6 Å². The van der Waals surface area contributed by atoms with Crippen molar-refractivity contribution in [1.82, 2.24) is 4.90 Å². The molecule has 2 aromatic rings. The molecule has 0 spiro atoms. The molecule has 2 aliphatic carbocycles. The minimum absolute atomic E-state index is 0.0226. The van der Waals surface area contributed by atoms with Crippen molar-refractivity contribution >= 4 is 40.9 Å². The predicted molar refractivity (Wildman–Crippen MR) is 132 cm³/mol. The third-order valence-electron chi connectivity index (χ3n) is 8.90. The van der Waals surface area contributed by atoms with Crippen LogP contribution in [-0.2, 0) is 19.2 Å². The van der Waals surface area contributed by atoms with Gasteiger partial charge in [-0.2, -0.15) is 0 Å². The first-order chi connectivity index (χ1) is 17.6. The number of halogens is 2. The molecule has 0 aromatic heterocycles. The number of para-hydroxylation sites is 1. The van der Waals surface area contributed by atoms with Crippen molar-refractivity contribution in [2.45, 2.75) is 25.7 Å². The quantitative estimate of drug-likeness (QED) is 0.474. The van der Waals surface area contributed by atoms with Gasteiger partial charge in [0.15, 0.2) is 0 Å². The predicted octanol–water partition coefficient (Wildman–Crippen LogP) is 4.05. The van der Waals surface area contributed by atoms with Gasteiger partial charge in [-0.25, -0.2) is 9.29 Å². The van der Waals surface area contributed by atoms with E-state index < -0.39 is 52.6 Å². The number of hydrogen-bond acceptors (Lipinski definition) is 5. The maximum absolute atomic E-state index is 14.2. The summed E-state index contributed by atoms with van der Waals surface area (Å²) in [6, 6.07) is 10.4. The fourth-order valence-corrected chi connectivity index (χ4v) is 7.29. The Morgan fingerprint density at radius 1 is 1.03 bits per heavy atom. The topological polar surface area (TPSA) is 95.0 Å². The Morgan fingerprint density at radius 3 is 2.46 bits per heavy atom. The molecule has 7 nitrogen and oxygen atoms in total. The summed E-state index contributed by atoms with van der Waals surface area (Å²) in [5.41, 5.74) is 0.145. The molecule has 6 unspecified atom stereocenters. The van der Waals surface area contributed by atoms with Gasteiger partial charge in [0, 0.05) is 18.5 Å². The summed E-state index contributed by atoms with van der Waals surface area (Å²) in [7, 11) is 1.47. The molecule has 2 saturated heterocycles. The SMILES string of the molecule is CN1C(=O)C2CC=C3C(CC4C(=O)N(c5ccc(F)c(Cl)c5)C(=O)C4(C)C3c3ccccc3O)C2C1=O. The van der Waals surface area contributed by atoms with E-state index in [1.165, 1.54) is 25.2 Å². The largest absolute Gasteiger partial charge is 0.508 e. The van der Waals surface area contributed by atoms with E-state index in [0.29, 0.717) is 12.0 Å². The molecule has 1 N–H and O–H groups in total. The Morgan fingerprint density at radius 2 is 1.76 bits per heavy atom. The third kappa shape index (κ3) is 3.05. The van der Waals surface area contributed by atoms with Gasteiger partial charge in [0.1, 0.15) is 11.6 Å². The zero-order valence-corrected chi connectivity index (χ0v) is 20.9. The Bertz CT molecular complexity index is 1440. The van der Waals surface area contributed by atoms with E-state index in [0.717, 1.165) is 21.4 Å². The number of hydrogen-bond donors (Lipinski definition) is 1. The summed E-state index contributed by atoms with van der Waals surface area (Å²) in [4.78, 5) is 56.3. The highest BCUT2D eigenvalue weighted by atomic mass is 35.5. The van der Waals surface area contributed by atoms with Crippen LogP contribution in [0.3, 0.4) is 0 Å². The molecule has 4 aliphatic rings. The Hall–Kier alpha value is -3.52. The number of aromatic hydroxyl groups is 1. The number of amides is 4. The molecular formula is C28H24ClFN2O5. The highest BCUT2D eigenvalue weighted by Gasteiger charge is 2.67. The van der Waals surface area contributed by atoms with Crippen molar-refractivity contribution in [3.63, 3.8) is 0 Å². The summed E-state index contributed by atoms with van der Waals surface area (Å²) in [5, 5.41) is 10.7. The number of phenols is 1. The molecule has 0 radical (unpaired) electrons. The van der Waals surface area contributed by atoms with Crippen LogP contribution in [0.4, 0.5) is 10.1 Å². The molecule has 6 atom stereocenters. The van der Waals surface area contributed by atoms with Crippen LogP contribution in [0.1, 0.15) is 31.2 Å². The van der Waals surface area contributed by atoms with E-state index >= 15 is 0 Å². The van der Waals surface area contributed by atoms with Gasteiger partial charge in [-0.15, -0.1) is 0 Å². The second-order valence-corrected chi connectivity index (χ2v) is 11.0. The molecule has 6 rings (SSSR count). The highest BCUT2D eigenvalue weighted by molar-refractivity contribution is 6.31. The summed E-state index contributed by atoms with van der Waals surface area (Å²) in [6.45, 7) is 1.72. The van der Waals surface area contributed by atoms with Crippen LogP contribution in [0.5, 0.6) is 5.75 Å². The third-order valence-corrected chi connectivity index (χ3v) is 9.19. The minimum atomic E-state index is -1.29. The van der Waals surface area contributed by atoms with Crippen LogP contribution < -0.4 is 4.90 Å². The number of phenolic OH excluding ortho intramolecular Hbond substituents is 1. The molecular weight excluding hydrogens is 499 g/mol. The van der Waals surface area contributed by atoms with E-state index in [1.807, 2.05) is 6.08 Å². The van der Waals surface area contributed by atoms with Crippen molar-refractivity contribution in [3.8, 4) is 5.75 Å². The van der Waals surface area contributed by atoms with Gasteiger partial charge in [-0.05, 0) is 49.9 Å². The molecule has 0 bridgehead atoms. The maximum atomic E-state index is 14.2. The highest BCUT2D eigenvalue weighted by Crippen LogP contribution is 2.64. The van der Waals surface area contributed by atoms with E-state index in [1.54, 1.807) is 25.1 Å². The van der Waals surface area contributed by atoms with Crippen molar-refractivity contribution in [2.24, 2.45) is 29.1 Å². The number of rotatable bonds is 2. The lowest BCUT2D eigenvalue weighted by Gasteiger charge is -2.49. The van der Waals surface area contributed by atoms with Crippen molar-refractivity contribution in [3.05, 3.63) is 70.5 Å². The zero-order valence-electron chi connectivity index (χ0n) is 20.2. The Labute approximate surface area is 217 Å². The Kier molecular flexibility index (Phi) is 5.15. The van der Waals surface area contributed by atoms with Crippen molar-refractivity contribution in [1.29, 1.82) is 0 Å². The first-order valence-corrected chi connectivity index (χ1v) is 12.6. The zero-order chi connectivity index (χ0) is 26.4. The fourth-order valence-electron chi connectivity index (χ4n) is 7.12. The number of anilines is 1. The number of nitrogens with zero attached hydrogens (tertiary/aromatic N) is 2. The van der Waals surface area contributed by atoms with Gasteiger partial charge in [0.25, 0.3) is 0 Å². The van der Waals surface area contributed by atoms with Gasteiger partial charge in [-0.1, -0.05) is 41.4 Å². The molecule has 3 fully saturated rings. The normalized spacial score (nSPS) is 32.9. The molecule has 2 aliphatic heterocycles. The van der Waals surface area contributed by atoms with E-state index in [-0.39, 0.29) is 34.7 Å². The second-order valence-electron chi connectivity index (χ2n) is 10.6. The lowest BCUT2D eigenvalue weighted by molar-refractivity contribution is -0.138. The van der Waals surface area contributed by atoms with Crippen molar-refractivity contribution in [2.75, 3.05) is 11.9 Å². The molecule has 2 heterocycles. The average molecular weight is 523 g/mol. The number of likely N-dealkylation sites (tertiary alicyclic amines) is 1. The summed E-state index contributed by atoms with van der Waals surface area (Å²) >= 11 is 5.98. The number of imide groups is 2. The van der Waals surface area contributed by atoms with E-state index in [2.05, 4.69) is 0 Å². The van der Waals surface area contributed by atoms with Crippen molar-refractivity contribution < 1.29 is 28.7 Å². The number of allylic oxidation sites excluding steroid dienone is 2. The van der Waals surface area contributed by atoms with Crippen LogP contribution in [0, 0.1) is 34.9 Å². The molecule has 2 aromatic carbocycles.